The van der Waals surface area contributed by atoms with E-state index in [1.807, 2.05) is 0 Å². The highest BCUT2D eigenvalue weighted by Gasteiger charge is 2.33. The maximum absolute atomic E-state index is 11.5. The van der Waals surface area contributed by atoms with Gasteiger partial charge in [0.15, 0.2) is 0 Å². The second-order valence-corrected chi connectivity index (χ2v) is 3.57. The third-order valence-corrected chi connectivity index (χ3v) is 2.66. The lowest BCUT2D eigenvalue weighted by Gasteiger charge is -2.10. The number of carbonyl (C=O) groups excluding carboxylic acids is 1. The number of fused-ring (bicyclic) bond motifs is 1. The molecule has 4 heteroatoms. The molecule has 1 unspecified atom stereocenters. The number of carbonyl (C=O) groups is 1. The maximum Gasteiger partial charge on any atom is 0.342 e. The highest BCUT2D eigenvalue weighted by Crippen LogP contribution is 2.41. The summed E-state index contributed by atoms with van der Waals surface area (Å²) in [5, 5.41) is 9.65. The molecule has 1 N–H and O–H groups in total. The molecule has 1 aromatic carbocycles. The van der Waals surface area contributed by atoms with Gasteiger partial charge in [0.05, 0.1) is 7.11 Å². The zero-order valence-corrected chi connectivity index (χ0v) is 8.83. The Morgan fingerprint density at radius 3 is 2.80 bits per heavy atom. The Balaban J connectivity index is 2.75. The molecule has 2 rings (SSSR count). The summed E-state index contributed by atoms with van der Waals surface area (Å²) in [7, 11) is 1.47. The predicted octanol–water partition coefficient (Wildman–Crippen LogP) is 1.94. The van der Waals surface area contributed by atoms with E-state index < -0.39 is 5.97 Å². The molecule has 0 radical (unpaired) electrons. The zero-order chi connectivity index (χ0) is 11.2. The van der Waals surface area contributed by atoms with Gasteiger partial charge >= 0.3 is 5.97 Å². The number of phenolic OH excluding ortho intramolecular Hbond substituents is 1. The molecule has 1 aliphatic heterocycles. The van der Waals surface area contributed by atoms with Gasteiger partial charge < -0.3 is 14.6 Å². The van der Waals surface area contributed by atoms with Gasteiger partial charge in [-0.3, -0.25) is 0 Å². The molecule has 1 aliphatic rings. The van der Waals surface area contributed by atoms with Crippen molar-refractivity contribution < 1.29 is 19.4 Å². The van der Waals surface area contributed by atoms with Crippen LogP contribution in [0.4, 0.5) is 0 Å². The molecule has 0 aromatic heterocycles. The van der Waals surface area contributed by atoms with Crippen LogP contribution in [0.15, 0.2) is 6.07 Å². The molecule has 0 aliphatic carbocycles. The van der Waals surface area contributed by atoms with Crippen LogP contribution in [0.2, 0.25) is 0 Å². The molecule has 0 spiro atoms. The van der Waals surface area contributed by atoms with Crippen LogP contribution < -0.4 is 4.74 Å². The number of methoxy groups -OCH3 is 1. The van der Waals surface area contributed by atoms with Crippen molar-refractivity contribution in [3.05, 3.63) is 22.8 Å². The fraction of sp³-hybridized carbons (Fsp3) is 0.364. The number of hydrogen-bond acceptors (Lipinski definition) is 4. The molecule has 1 atom stereocenters. The van der Waals surface area contributed by atoms with Crippen LogP contribution in [0.3, 0.4) is 0 Å². The van der Waals surface area contributed by atoms with Crippen molar-refractivity contribution in [2.24, 2.45) is 0 Å². The lowest BCUT2D eigenvalue weighted by Crippen LogP contribution is -2.00. The molecular formula is C11H12O4. The van der Waals surface area contributed by atoms with Gasteiger partial charge in [-0.25, -0.2) is 4.79 Å². The van der Waals surface area contributed by atoms with Gasteiger partial charge in [0.2, 0.25) is 0 Å². The van der Waals surface area contributed by atoms with Gasteiger partial charge in [-0.1, -0.05) is 0 Å². The van der Waals surface area contributed by atoms with E-state index in [9.17, 15) is 9.90 Å². The van der Waals surface area contributed by atoms with Crippen LogP contribution >= 0.6 is 0 Å². The number of phenols is 1. The van der Waals surface area contributed by atoms with Crippen LogP contribution in [0.1, 0.15) is 34.5 Å². The highest BCUT2D eigenvalue weighted by molar-refractivity contribution is 5.98. The third-order valence-electron chi connectivity index (χ3n) is 2.66. The van der Waals surface area contributed by atoms with Crippen LogP contribution in [-0.4, -0.2) is 18.2 Å². The first-order chi connectivity index (χ1) is 7.06. The topological polar surface area (TPSA) is 55.8 Å². The Bertz CT molecular complexity index is 437. The molecule has 1 heterocycles. The van der Waals surface area contributed by atoms with Gasteiger partial charge in [0.1, 0.15) is 23.2 Å². The molecule has 4 nitrogen and oxygen atoms in total. The monoisotopic (exact) mass is 208 g/mol. The number of ether oxygens (including phenoxy) is 2. The zero-order valence-electron chi connectivity index (χ0n) is 8.83. The lowest BCUT2D eigenvalue weighted by molar-refractivity contribution is 0.0420. The normalized spacial score (nSPS) is 18.6. The van der Waals surface area contributed by atoms with Crippen molar-refractivity contribution in [3.63, 3.8) is 0 Å². The summed E-state index contributed by atoms with van der Waals surface area (Å²) >= 11 is 0. The average Bonchev–Trinajstić information content (AvgIpc) is 2.45. The van der Waals surface area contributed by atoms with Gasteiger partial charge in [-0.05, 0) is 19.9 Å². The number of benzene rings is 1. The second kappa shape index (κ2) is 3.15. The number of esters is 1. The average molecular weight is 208 g/mol. The molecule has 15 heavy (non-hydrogen) atoms. The summed E-state index contributed by atoms with van der Waals surface area (Å²) < 4.78 is 10.2. The summed E-state index contributed by atoms with van der Waals surface area (Å²) in [6, 6.07) is 1.56. The molecular weight excluding hydrogens is 196 g/mol. The Labute approximate surface area is 87.4 Å². The summed E-state index contributed by atoms with van der Waals surface area (Å²) in [5.74, 6) is 0.132. The first-order valence-electron chi connectivity index (χ1n) is 4.67. The minimum absolute atomic E-state index is 0.121. The minimum atomic E-state index is -0.391. The summed E-state index contributed by atoms with van der Waals surface area (Å²) in [4.78, 5) is 11.5. The van der Waals surface area contributed by atoms with E-state index in [0.29, 0.717) is 22.4 Å². The summed E-state index contributed by atoms with van der Waals surface area (Å²) in [6.45, 7) is 3.46. The standard InChI is InChI=1S/C11H12O4/c1-5-8(12)4-7-6(2)15-11(13)9(7)10(5)14-3/h4,6,12H,1-3H3. The van der Waals surface area contributed by atoms with Crippen molar-refractivity contribution in [1.29, 1.82) is 0 Å². The van der Waals surface area contributed by atoms with Gasteiger partial charge in [0.25, 0.3) is 0 Å². The van der Waals surface area contributed by atoms with Crippen LogP contribution in [0, 0.1) is 6.92 Å². The first kappa shape index (κ1) is 9.83. The molecule has 0 bridgehead atoms. The van der Waals surface area contributed by atoms with Gasteiger partial charge in [-0.15, -0.1) is 0 Å². The van der Waals surface area contributed by atoms with E-state index in [0.717, 1.165) is 0 Å². The van der Waals surface area contributed by atoms with E-state index >= 15 is 0 Å². The Hall–Kier alpha value is -1.71. The summed E-state index contributed by atoms with van der Waals surface area (Å²) in [5.41, 5.74) is 1.67. The molecule has 0 fully saturated rings. The molecule has 1 aromatic rings. The van der Waals surface area contributed by atoms with Gasteiger partial charge in [-0.2, -0.15) is 0 Å². The predicted molar refractivity (Wildman–Crippen MR) is 53.2 cm³/mol. The second-order valence-electron chi connectivity index (χ2n) is 3.57. The molecule has 0 saturated carbocycles. The van der Waals surface area contributed by atoms with E-state index in [-0.39, 0.29) is 11.9 Å². The third kappa shape index (κ3) is 1.25. The maximum atomic E-state index is 11.5. The van der Waals surface area contributed by atoms with Crippen molar-refractivity contribution in [1.82, 2.24) is 0 Å². The van der Waals surface area contributed by atoms with Crippen LogP contribution in [0.25, 0.3) is 0 Å². The molecule has 0 amide bonds. The van der Waals surface area contributed by atoms with Crippen molar-refractivity contribution in [2.75, 3.05) is 7.11 Å². The lowest BCUT2D eigenvalue weighted by atomic mass is 10.0. The number of rotatable bonds is 1. The van der Waals surface area contributed by atoms with E-state index in [2.05, 4.69) is 0 Å². The van der Waals surface area contributed by atoms with E-state index in [4.69, 9.17) is 9.47 Å². The fourth-order valence-electron chi connectivity index (χ4n) is 1.83. The van der Waals surface area contributed by atoms with E-state index in [1.54, 1.807) is 19.9 Å². The first-order valence-corrected chi connectivity index (χ1v) is 4.67. The Kier molecular flexibility index (Phi) is 2.07. The quantitative estimate of drug-likeness (QED) is 0.716. The fourth-order valence-corrected chi connectivity index (χ4v) is 1.83. The van der Waals surface area contributed by atoms with E-state index in [1.165, 1.54) is 7.11 Å². The Morgan fingerprint density at radius 1 is 1.53 bits per heavy atom. The van der Waals surface area contributed by atoms with Crippen LogP contribution in [0.5, 0.6) is 11.5 Å². The molecule has 0 saturated heterocycles. The van der Waals surface area contributed by atoms with Crippen LogP contribution in [-0.2, 0) is 4.74 Å². The number of aromatic hydroxyl groups is 1. The largest absolute Gasteiger partial charge is 0.508 e. The molecule has 80 valence electrons. The van der Waals surface area contributed by atoms with Crippen molar-refractivity contribution >= 4 is 5.97 Å². The summed E-state index contributed by atoms with van der Waals surface area (Å²) in [6.07, 6.45) is -0.326. The van der Waals surface area contributed by atoms with Gasteiger partial charge in [0, 0.05) is 11.1 Å². The SMILES string of the molecule is COc1c(C)c(O)cc2c1C(=O)OC2C. The highest BCUT2D eigenvalue weighted by atomic mass is 16.6. The minimum Gasteiger partial charge on any atom is -0.508 e. The number of cyclic esters (lactones) is 1. The number of hydrogen-bond donors (Lipinski definition) is 1. The van der Waals surface area contributed by atoms with Crippen molar-refractivity contribution in [2.45, 2.75) is 20.0 Å². The smallest absolute Gasteiger partial charge is 0.342 e. The van der Waals surface area contributed by atoms with Crippen molar-refractivity contribution in [3.8, 4) is 11.5 Å². The Morgan fingerprint density at radius 2 is 2.20 bits per heavy atom.